The molecule has 0 aliphatic heterocycles. The highest BCUT2D eigenvalue weighted by Gasteiger charge is 2.16. The Balaban J connectivity index is 1.73. The number of benzene rings is 2. The molecule has 7 heteroatoms. The molecule has 3 rings (SSSR count). The summed E-state index contributed by atoms with van der Waals surface area (Å²) in [6, 6.07) is 15.0. The van der Waals surface area contributed by atoms with Crippen LogP contribution >= 0.6 is 0 Å². The van der Waals surface area contributed by atoms with Crippen molar-refractivity contribution < 1.29 is 8.42 Å². The van der Waals surface area contributed by atoms with Gasteiger partial charge in [-0.15, -0.1) is 0 Å². The summed E-state index contributed by atoms with van der Waals surface area (Å²) in [7, 11) is -3.59. The molecule has 2 aromatic carbocycles. The van der Waals surface area contributed by atoms with Crippen molar-refractivity contribution in [2.24, 2.45) is 0 Å². The standard InChI is InChI=1S/C20H20N4O2S/c1-14-7-8-15(2)19(11-14)27(25,26)24-10-9-22-20-16(12-21)13-23-18-6-4-3-5-17(18)20/h3-8,11,13,24H,9-10H2,1-2H3,(H,22,23). The second kappa shape index (κ2) is 7.74. The first-order valence-electron chi connectivity index (χ1n) is 8.51. The summed E-state index contributed by atoms with van der Waals surface area (Å²) in [4.78, 5) is 4.55. The first kappa shape index (κ1) is 18.8. The van der Waals surface area contributed by atoms with E-state index in [9.17, 15) is 13.7 Å². The number of aryl methyl sites for hydroxylation is 2. The molecule has 0 spiro atoms. The fourth-order valence-corrected chi connectivity index (χ4v) is 4.22. The highest BCUT2D eigenvalue weighted by Crippen LogP contribution is 2.25. The number of hydrogen-bond acceptors (Lipinski definition) is 5. The molecule has 0 fully saturated rings. The maximum Gasteiger partial charge on any atom is 0.240 e. The predicted octanol–water partition coefficient (Wildman–Crippen LogP) is 3.11. The molecule has 0 unspecified atom stereocenters. The number of fused-ring (bicyclic) bond motifs is 1. The number of nitrogens with zero attached hydrogens (tertiary/aromatic N) is 2. The summed E-state index contributed by atoms with van der Waals surface area (Å²) >= 11 is 0. The Hall–Kier alpha value is -2.95. The Morgan fingerprint density at radius 3 is 2.67 bits per heavy atom. The van der Waals surface area contributed by atoms with E-state index in [1.807, 2.05) is 37.3 Å². The second-order valence-corrected chi connectivity index (χ2v) is 8.00. The van der Waals surface area contributed by atoms with Crippen LogP contribution in [-0.2, 0) is 10.0 Å². The van der Waals surface area contributed by atoms with E-state index in [0.717, 1.165) is 16.5 Å². The zero-order valence-electron chi connectivity index (χ0n) is 15.2. The van der Waals surface area contributed by atoms with Gasteiger partial charge in [-0.25, -0.2) is 13.1 Å². The van der Waals surface area contributed by atoms with Crippen molar-refractivity contribution in [3.63, 3.8) is 0 Å². The largest absolute Gasteiger partial charge is 0.382 e. The number of anilines is 1. The first-order chi connectivity index (χ1) is 12.9. The summed E-state index contributed by atoms with van der Waals surface area (Å²) in [5.41, 5.74) is 3.45. The minimum absolute atomic E-state index is 0.192. The Morgan fingerprint density at radius 1 is 1.11 bits per heavy atom. The molecule has 0 amide bonds. The molecule has 27 heavy (non-hydrogen) atoms. The average Bonchev–Trinajstić information content (AvgIpc) is 2.66. The van der Waals surface area contributed by atoms with Gasteiger partial charge in [-0.3, -0.25) is 4.98 Å². The van der Waals surface area contributed by atoms with Crippen molar-refractivity contribution in [1.82, 2.24) is 9.71 Å². The van der Waals surface area contributed by atoms with E-state index in [0.29, 0.717) is 23.4 Å². The van der Waals surface area contributed by atoms with Crippen LogP contribution < -0.4 is 10.0 Å². The van der Waals surface area contributed by atoms with Crippen LogP contribution in [0.5, 0.6) is 0 Å². The summed E-state index contributed by atoms with van der Waals surface area (Å²) < 4.78 is 27.7. The van der Waals surface area contributed by atoms with Gasteiger partial charge in [-0.2, -0.15) is 5.26 Å². The van der Waals surface area contributed by atoms with E-state index >= 15 is 0 Å². The van der Waals surface area contributed by atoms with Crippen LogP contribution in [0.4, 0.5) is 5.69 Å². The monoisotopic (exact) mass is 380 g/mol. The summed E-state index contributed by atoms with van der Waals surface area (Å²) in [6.45, 7) is 4.16. The van der Waals surface area contributed by atoms with Gasteiger partial charge in [-0.05, 0) is 37.1 Å². The molecule has 0 atom stereocenters. The molecule has 2 N–H and O–H groups in total. The summed E-state index contributed by atoms with van der Waals surface area (Å²) in [5.74, 6) is 0. The van der Waals surface area contributed by atoms with E-state index in [4.69, 9.17) is 0 Å². The molecule has 0 aliphatic carbocycles. The lowest BCUT2D eigenvalue weighted by Gasteiger charge is -2.13. The van der Waals surface area contributed by atoms with E-state index in [-0.39, 0.29) is 11.4 Å². The maximum absolute atomic E-state index is 12.6. The van der Waals surface area contributed by atoms with E-state index in [1.54, 1.807) is 19.1 Å². The SMILES string of the molecule is Cc1ccc(C)c(S(=O)(=O)NCCNc2c(C#N)cnc3ccccc23)c1. The lowest BCUT2D eigenvalue weighted by atomic mass is 10.1. The fourth-order valence-electron chi connectivity index (χ4n) is 2.86. The zero-order valence-corrected chi connectivity index (χ0v) is 16.0. The number of sulfonamides is 1. The number of nitrogens with one attached hydrogen (secondary N) is 2. The summed E-state index contributed by atoms with van der Waals surface area (Å²) in [6.07, 6.45) is 1.52. The van der Waals surface area contributed by atoms with Crippen LogP contribution in [0, 0.1) is 25.2 Å². The van der Waals surface area contributed by atoms with E-state index < -0.39 is 10.0 Å². The molecule has 3 aromatic rings. The fraction of sp³-hybridized carbons (Fsp3) is 0.200. The van der Waals surface area contributed by atoms with Crippen molar-refractivity contribution in [1.29, 1.82) is 5.26 Å². The Morgan fingerprint density at radius 2 is 1.89 bits per heavy atom. The second-order valence-electron chi connectivity index (χ2n) is 6.27. The molecule has 0 bridgehead atoms. The molecule has 6 nitrogen and oxygen atoms in total. The molecule has 0 saturated heterocycles. The smallest absolute Gasteiger partial charge is 0.240 e. The Bertz CT molecular complexity index is 1130. The zero-order chi connectivity index (χ0) is 19.4. The third-order valence-electron chi connectivity index (χ3n) is 4.25. The van der Waals surface area contributed by atoms with Gasteiger partial charge < -0.3 is 5.32 Å². The third kappa shape index (κ3) is 4.08. The van der Waals surface area contributed by atoms with Crippen molar-refractivity contribution in [3.05, 3.63) is 65.4 Å². The van der Waals surface area contributed by atoms with Crippen LogP contribution in [-0.4, -0.2) is 26.5 Å². The third-order valence-corrected chi connectivity index (χ3v) is 5.85. The van der Waals surface area contributed by atoms with Crippen molar-refractivity contribution in [3.8, 4) is 6.07 Å². The van der Waals surface area contributed by atoms with E-state index in [1.165, 1.54) is 6.20 Å². The lowest BCUT2D eigenvalue weighted by molar-refractivity contribution is 0.582. The predicted molar refractivity (Wildman–Crippen MR) is 106 cm³/mol. The number of para-hydroxylation sites is 1. The van der Waals surface area contributed by atoms with Crippen molar-refractivity contribution in [2.45, 2.75) is 18.7 Å². The van der Waals surface area contributed by atoms with Gasteiger partial charge >= 0.3 is 0 Å². The molecule has 0 radical (unpaired) electrons. The minimum Gasteiger partial charge on any atom is -0.382 e. The van der Waals surface area contributed by atoms with Gasteiger partial charge in [0.2, 0.25) is 10.0 Å². The maximum atomic E-state index is 12.6. The number of pyridine rings is 1. The Labute approximate surface area is 158 Å². The highest BCUT2D eigenvalue weighted by atomic mass is 32.2. The highest BCUT2D eigenvalue weighted by molar-refractivity contribution is 7.89. The molecule has 1 heterocycles. The topological polar surface area (TPSA) is 94.9 Å². The quantitative estimate of drug-likeness (QED) is 0.641. The van der Waals surface area contributed by atoms with Crippen LogP contribution in [0.3, 0.4) is 0 Å². The van der Waals surface area contributed by atoms with Crippen molar-refractivity contribution >= 4 is 26.6 Å². The van der Waals surface area contributed by atoms with Crippen LogP contribution in [0.15, 0.2) is 53.6 Å². The number of nitriles is 1. The molecule has 1 aromatic heterocycles. The van der Waals surface area contributed by atoms with Gasteiger partial charge in [-0.1, -0.05) is 30.3 Å². The van der Waals surface area contributed by atoms with E-state index in [2.05, 4.69) is 21.1 Å². The van der Waals surface area contributed by atoms with Gasteiger partial charge in [0, 0.05) is 24.7 Å². The van der Waals surface area contributed by atoms with Gasteiger partial charge in [0.1, 0.15) is 6.07 Å². The van der Waals surface area contributed by atoms with Crippen LogP contribution in [0.2, 0.25) is 0 Å². The molecule has 138 valence electrons. The lowest BCUT2D eigenvalue weighted by Crippen LogP contribution is -2.29. The molecule has 0 saturated carbocycles. The number of hydrogen-bond donors (Lipinski definition) is 2. The normalized spacial score (nSPS) is 11.3. The Kier molecular flexibility index (Phi) is 5.40. The summed E-state index contributed by atoms with van der Waals surface area (Å²) in [5, 5.41) is 13.3. The number of aromatic nitrogens is 1. The van der Waals surface area contributed by atoms with Gasteiger partial charge in [0.15, 0.2) is 0 Å². The minimum atomic E-state index is -3.59. The van der Waals surface area contributed by atoms with Crippen LogP contribution in [0.25, 0.3) is 10.9 Å². The number of rotatable bonds is 6. The average molecular weight is 380 g/mol. The molecular formula is C20H20N4O2S. The van der Waals surface area contributed by atoms with Crippen molar-refractivity contribution in [2.75, 3.05) is 18.4 Å². The first-order valence-corrected chi connectivity index (χ1v) is 9.99. The van der Waals surface area contributed by atoms with Crippen LogP contribution in [0.1, 0.15) is 16.7 Å². The van der Waals surface area contributed by atoms with Gasteiger partial charge in [0.05, 0.1) is 21.7 Å². The van der Waals surface area contributed by atoms with Gasteiger partial charge in [0.25, 0.3) is 0 Å². The molecular weight excluding hydrogens is 360 g/mol. The molecule has 0 aliphatic rings.